The lowest BCUT2D eigenvalue weighted by Gasteiger charge is -2.27. The average molecular weight is 284 g/mol. The molecular formula is C18H21FN2. The molecule has 0 saturated heterocycles. The molecule has 0 radical (unpaired) electrons. The van der Waals surface area contributed by atoms with Gasteiger partial charge in [-0.3, -0.25) is 0 Å². The summed E-state index contributed by atoms with van der Waals surface area (Å²) in [5.41, 5.74) is 10.3. The molecule has 0 bridgehead atoms. The Hall–Kier alpha value is -1.87. The third-order valence-corrected chi connectivity index (χ3v) is 4.25. The number of anilines is 1. The molecule has 2 nitrogen and oxygen atoms in total. The van der Waals surface area contributed by atoms with Crippen molar-refractivity contribution in [2.24, 2.45) is 5.73 Å². The molecule has 1 heterocycles. The second kappa shape index (κ2) is 5.86. The fraction of sp³-hybridized carbons (Fsp3) is 0.333. The van der Waals surface area contributed by atoms with Crippen molar-refractivity contribution < 1.29 is 4.39 Å². The van der Waals surface area contributed by atoms with Gasteiger partial charge in [-0.15, -0.1) is 0 Å². The van der Waals surface area contributed by atoms with Gasteiger partial charge in [-0.05, 0) is 42.5 Å². The lowest BCUT2D eigenvalue weighted by molar-refractivity contribution is 0.610. The maximum atomic E-state index is 14.4. The minimum Gasteiger partial charge on any atom is -0.368 e. The Balaban J connectivity index is 1.93. The third-order valence-electron chi connectivity index (χ3n) is 4.25. The summed E-state index contributed by atoms with van der Waals surface area (Å²) in [6.45, 7) is 3.57. The van der Waals surface area contributed by atoms with E-state index in [1.165, 1.54) is 17.2 Å². The number of halogens is 1. The van der Waals surface area contributed by atoms with Crippen LogP contribution in [0, 0.1) is 5.82 Å². The first-order chi connectivity index (χ1) is 10.2. The molecule has 1 aliphatic rings. The fourth-order valence-corrected chi connectivity index (χ4v) is 3.12. The van der Waals surface area contributed by atoms with E-state index in [2.05, 4.69) is 29.2 Å². The van der Waals surface area contributed by atoms with Crippen LogP contribution in [0.3, 0.4) is 0 Å². The van der Waals surface area contributed by atoms with Crippen molar-refractivity contribution in [3.63, 3.8) is 0 Å². The molecule has 0 amide bonds. The van der Waals surface area contributed by atoms with Gasteiger partial charge in [0.05, 0.1) is 5.69 Å². The van der Waals surface area contributed by atoms with Crippen molar-refractivity contribution in [2.45, 2.75) is 25.8 Å². The zero-order valence-corrected chi connectivity index (χ0v) is 12.3. The van der Waals surface area contributed by atoms with E-state index in [0.717, 1.165) is 31.5 Å². The summed E-state index contributed by atoms with van der Waals surface area (Å²) in [6, 6.07) is 13.5. The van der Waals surface area contributed by atoms with Crippen molar-refractivity contribution in [1.82, 2.24) is 0 Å². The Morgan fingerprint density at radius 1 is 1.00 bits per heavy atom. The fourth-order valence-electron chi connectivity index (χ4n) is 3.12. The number of hydrogen-bond acceptors (Lipinski definition) is 2. The number of nitrogens with zero attached hydrogens (tertiary/aromatic N) is 1. The number of fused-ring (bicyclic) bond motifs is 1. The van der Waals surface area contributed by atoms with E-state index >= 15 is 0 Å². The topological polar surface area (TPSA) is 29.3 Å². The second-order valence-electron chi connectivity index (χ2n) is 5.72. The highest BCUT2D eigenvalue weighted by Crippen LogP contribution is 2.30. The van der Waals surface area contributed by atoms with E-state index in [1.54, 1.807) is 6.07 Å². The summed E-state index contributed by atoms with van der Waals surface area (Å²) < 4.78 is 14.4. The highest BCUT2D eigenvalue weighted by molar-refractivity contribution is 5.57. The van der Waals surface area contributed by atoms with Crippen LogP contribution in [0.15, 0.2) is 42.5 Å². The predicted molar refractivity (Wildman–Crippen MR) is 85.1 cm³/mol. The molecule has 2 aromatic carbocycles. The molecule has 0 saturated carbocycles. The summed E-state index contributed by atoms with van der Waals surface area (Å²) in [5, 5.41) is 0. The molecule has 0 spiro atoms. The maximum Gasteiger partial charge on any atom is 0.146 e. The summed E-state index contributed by atoms with van der Waals surface area (Å²) in [7, 11) is 0. The zero-order chi connectivity index (χ0) is 14.8. The molecule has 3 heteroatoms. The van der Waals surface area contributed by atoms with Crippen LogP contribution in [0.4, 0.5) is 10.1 Å². The molecule has 0 aromatic heterocycles. The van der Waals surface area contributed by atoms with Crippen LogP contribution in [0.2, 0.25) is 0 Å². The van der Waals surface area contributed by atoms with Gasteiger partial charge in [-0.2, -0.15) is 0 Å². The van der Waals surface area contributed by atoms with Gasteiger partial charge in [-0.25, -0.2) is 4.39 Å². The Bertz CT molecular complexity index is 610. The highest BCUT2D eigenvalue weighted by Gasteiger charge is 2.20. The maximum absolute atomic E-state index is 14.4. The molecule has 1 aliphatic heterocycles. The van der Waals surface area contributed by atoms with Crippen LogP contribution < -0.4 is 10.6 Å². The number of benzene rings is 2. The van der Waals surface area contributed by atoms with Crippen LogP contribution >= 0.6 is 0 Å². The van der Waals surface area contributed by atoms with Gasteiger partial charge in [0.1, 0.15) is 5.82 Å². The largest absolute Gasteiger partial charge is 0.368 e. The van der Waals surface area contributed by atoms with E-state index in [4.69, 9.17) is 5.73 Å². The first-order valence-electron chi connectivity index (χ1n) is 7.52. The van der Waals surface area contributed by atoms with Crippen molar-refractivity contribution >= 4 is 5.69 Å². The van der Waals surface area contributed by atoms with Crippen molar-refractivity contribution in [3.05, 3.63) is 65.0 Å². The van der Waals surface area contributed by atoms with Gasteiger partial charge in [-0.1, -0.05) is 36.4 Å². The molecule has 0 aliphatic carbocycles. The van der Waals surface area contributed by atoms with Gasteiger partial charge in [0, 0.05) is 19.1 Å². The van der Waals surface area contributed by atoms with Gasteiger partial charge < -0.3 is 10.6 Å². The molecule has 21 heavy (non-hydrogen) atoms. The minimum absolute atomic E-state index is 0.165. The number of para-hydroxylation sites is 1. The molecule has 0 fully saturated rings. The highest BCUT2D eigenvalue weighted by atomic mass is 19.1. The Kier molecular flexibility index (Phi) is 3.93. The normalized spacial score (nSPS) is 16.2. The SMILES string of the molecule is CC(N)c1cccc(F)c1N1CCc2ccccc2CC1. The van der Waals surface area contributed by atoms with E-state index in [0.29, 0.717) is 5.69 Å². The van der Waals surface area contributed by atoms with E-state index in [9.17, 15) is 4.39 Å². The van der Waals surface area contributed by atoms with Gasteiger partial charge in [0.15, 0.2) is 0 Å². The monoisotopic (exact) mass is 284 g/mol. The molecule has 110 valence electrons. The van der Waals surface area contributed by atoms with Gasteiger partial charge >= 0.3 is 0 Å². The van der Waals surface area contributed by atoms with Crippen LogP contribution in [-0.2, 0) is 12.8 Å². The second-order valence-corrected chi connectivity index (χ2v) is 5.72. The van der Waals surface area contributed by atoms with Crippen LogP contribution in [0.5, 0.6) is 0 Å². The smallest absolute Gasteiger partial charge is 0.146 e. The number of hydrogen-bond donors (Lipinski definition) is 1. The van der Waals surface area contributed by atoms with Crippen molar-refractivity contribution in [2.75, 3.05) is 18.0 Å². The van der Waals surface area contributed by atoms with E-state index < -0.39 is 0 Å². The average Bonchev–Trinajstić information content (AvgIpc) is 2.69. The molecule has 1 atom stereocenters. The Morgan fingerprint density at radius 3 is 2.19 bits per heavy atom. The third kappa shape index (κ3) is 2.79. The number of nitrogens with two attached hydrogens (primary N) is 1. The number of rotatable bonds is 2. The lowest BCUT2D eigenvalue weighted by atomic mass is 10.0. The van der Waals surface area contributed by atoms with Crippen molar-refractivity contribution in [3.8, 4) is 0 Å². The molecule has 2 aromatic rings. The Labute approximate surface area is 125 Å². The lowest BCUT2D eigenvalue weighted by Crippen LogP contribution is -2.29. The summed E-state index contributed by atoms with van der Waals surface area (Å²) in [6.07, 6.45) is 1.89. The summed E-state index contributed by atoms with van der Waals surface area (Å²) in [4.78, 5) is 2.15. The van der Waals surface area contributed by atoms with E-state index in [-0.39, 0.29) is 11.9 Å². The van der Waals surface area contributed by atoms with Crippen molar-refractivity contribution in [1.29, 1.82) is 0 Å². The molecule has 2 N–H and O–H groups in total. The van der Waals surface area contributed by atoms with E-state index in [1.807, 2.05) is 13.0 Å². The molecule has 1 unspecified atom stereocenters. The van der Waals surface area contributed by atoms with Crippen LogP contribution in [0.1, 0.15) is 29.7 Å². The van der Waals surface area contributed by atoms with Gasteiger partial charge in [0.2, 0.25) is 0 Å². The first kappa shape index (κ1) is 14.1. The zero-order valence-electron chi connectivity index (χ0n) is 12.3. The summed E-state index contributed by atoms with van der Waals surface area (Å²) >= 11 is 0. The standard InChI is InChI=1S/C18H21FN2/c1-13(20)16-7-4-8-17(19)18(16)21-11-9-14-5-2-3-6-15(14)10-12-21/h2-8,13H,9-12,20H2,1H3. The molecule has 3 rings (SSSR count). The van der Waals surface area contributed by atoms with Gasteiger partial charge in [0.25, 0.3) is 0 Å². The van der Waals surface area contributed by atoms with Crippen LogP contribution in [-0.4, -0.2) is 13.1 Å². The van der Waals surface area contributed by atoms with Crippen LogP contribution in [0.25, 0.3) is 0 Å². The minimum atomic E-state index is -0.171. The predicted octanol–water partition coefficient (Wildman–Crippen LogP) is 3.45. The Morgan fingerprint density at radius 2 is 1.62 bits per heavy atom. The summed E-state index contributed by atoms with van der Waals surface area (Å²) in [5.74, 6) is -0.171. The molecular weight excluding hydrogens is 263 g/mol. The first-order valence-corrected chi connectivity index (χ1v) is 7.52. The quantitative estimate of drug-likeness (QED) is 0.915.